The first kappa shape index (κ1) is 19.6. The summed E-state index contributed by atoms with van der Waals surface area (Å²) in [5, 5.41) is 2.64. The van der Waals surface area contributed by atoms with Crippen molar-refractivity contribution in [2.75, 3.05) is 0 Å². The van der Waals surface area contributed by atoms with E-state index in [-0.39, 0.29) is 26.2 Å². The molecular weight excluding hydrogens is 391 g/mol. The van der Waals surface area contributed by atoms with Crippen LogP contribution in [0.5, 0.6) is 0 Å². The van der Waals surface area contributed by atoms with E-state index in [2.05, 4.69) is 69.3 Å². The first-order valence-corrected chi connectivity index (χ1v) is 9.66. The number of allylic oxidation sites excluding steroid dienone is 2. The summed E-state index contributed by atoms with van der Waals surface area (Å²) in [6.07, 6.45) is 15.4. The number of benzene rings is 2. The van der Waals surface area contributed by atoms with Gasteiger partial charge in [-0.15, -0.1) is 39.8 Å². The monoisotopic (exact) mass is 417 g/mol. The molecule has 2 aliphatic rings. The molecule has 0 aromatic heterocycles. The maximum atomic E-state index is 3.69. The summed E-state index contributed by atoms with van der Waals surface area (Å²) in [6, 6.07) is 11.4. The number of rotatable bonds is 2. The Balaban J connectivity index is 0.00000196. The van der Waals surface area contributed by atoms with Gasteiger partial charge in [-0.1, -0.05) is 86.1 Å². The predicted molar refractivity (Wildman–Crippen MR) is 108 cm³/mol. The van der Waals surface area contributed by atoms with Gasteiger partial charge in [0.05, 0.1) is 0 Å². The van der Waals surface area contributed by atoms with Crippen LogP contribution in [0.25, 0.3) is 23.3 Å². The van der Waals surface area contributed by atoms with E-state index in [0.717, 1.165) is 5.92 Å². The molecule has 0 radical (unpaired) electrons. The van der Waals surface area contributed by atoms with Gasteiger partial charge < -0.3 is 0 Å². The van der Waals surface area contributed by atoms with Crippen molar-refractivity contribution in [2.24, 2.45) is 5.92 Å². The van der Waals surface area contributed by atoms with Crippen LogP contribution in [0.4, 0.5) is 0 Å². The van der Waals surface area contributed by atoms with E-state index >= 15 is 0 Å². The second-order valence-electron chi connectivity index (χ2n) is 7.88. The molecule has 0 aliphatic heterocycles. The van der Waals surface area contributed by atoms with Gasteiger partial charge in [0.25, 0.3) is 0 Å². The van der Waals surface area contributed by atoms with Gasteiger partial charge in [-0.2, -0.15) is 0 Å². The molecule has 0 unspecified atom stereocenters. The Morgan fingerprint density at radius 2 is 1.62 bits per heavy atom. The van der Waals surface area contributed by atoms with Crippen LogP contribution in [-0.4, -0.2) is 0 Å². The van der Waals surface area contributed by atoms with Gasteiger partial charge in [0.1, 0.15) is 0 Å². The predicted octanol–water partition coefficient (Wildman–Crippen LogP) is 5.23. The Hall–Kier alpha value is -1.20. The maximum Gasteiger partial charge on any atom is 0 e. The summed E-state index contributed by atoms with van der Waals surface area (Å²) in [5.41, 5.74) is 7.94. The van der Waals surface area contributed by atoms with Crippen molar-refractivity contribution in [3.63, 3.8) is 0 Å². The Morgan fingerprint density at radius 1 is 0.923 bits per heavy atom. The minimum absolute atomic E-state index is 0. The fourth-order valence-electron chi connectivity index (χ4n) is 4.41. The minimum Gasteiger partial charge on any atom is -0.145 e. The maximum absolute atomic E-state index is 3.69. The molecule has 0 atom stereocenters. The summed E-state index contributed by atoms with van der Waals surface area (Å²) in [6.45, 7) is 6.57. The second-order valence-corrected chi connectivity index (χ2v) is 7.88. The second kappa shape index (κ2) is 8.22. The van der Waals surface area contributed by atoms with Gasteiger partial charge in [-0.3, -0.25) is 0 Å². The zero-order chi connectivity index (χ0) is 17.4. The quantitative estimate of drug-likeness (QED) is 0.586. The minimum atomic E-state index is 0. The van der Waals surface area contributed by atoms with Crippen molar-refractivity contribution in [3.8, 4) is 11.1 Å². The fraction of sp³-hybridized carbons (Fsp3) is 0.360. The van der Waals surface area contributed by atoms with Crippen LogP contribution in [0.1, 0.15) is 48.8 Å². The van der Waals surface area contributed by atoms with Gasteiger partial charge >= 0.3 is 0 Å². The number of hydrogen-bond donors (Lipinski definition) is 0. The van der Waals surface area contributed by atoms with E-state index in [9.17, 15) is 0 Å². The molecule has 26 heavy (non-hydrogen) atoms. The van der Waals surface area contributed by atoms with Crippen molar-refractivity contribution in [1.29, 1.82) is 0 Å². The van der Waals surface area contributed by atoms with Crippen LogP contribution in [0.15, 0.2) is 42.0 Å². The van der Waals surface area contributed by atoms with Crippen molar-refractivity contribution in [3.05, 3.63) is 69.1 Å². The molecular formula is C25H27Zr-. The van der Waals surface area contributed by atoms with Crippen LogP contribution in [0.3, 0.4) is 0 Å². The third-order valence-electron chi connectivity index (χ3n) is 5.62. The van der Waals surface area contributed by atoms with Gasteiger partial charge in [-0.25, -0.2) is 0 Å². The molecule has 0 heterocycles. The van der Waals surface area contributed by atoms with Crippen LogP contribution in [0, 0.1) is 26.7 Å². The first-order chi connectivity index (χ1) is 12.1. The van der Waals surface area contributed by atoms with Crippen LogP contribution >= 0.6 is 0 Å². The molecule has 1 saturated carbocycles. The summed E-state index contributed by atoms with van der Waals surface area (Å²) in [5.74, 6) is 0.742. The van der Waals surface area contributed by atoms with E-state index in [1.807, 2.05) is 0 Å². The molecule has 132 valence electrons. The van der Waals surface area contributed by atoms with Crippen molar-refractivity contribution >= 4 is 12.2 Å². The normalized spacial score (nSPS) is 18.0. The number of hydrogen-bond acceptors (Lipinski definition) is 0. The average Bonchev–Trinajstić information content (AvgIpc) is 2.99. The van der Waals surface area contributed by atoms with E-state index in [1.54, 1.807) is 0 Å². The smallest absolute Gasteiger partial charge is 0 e. The Kier molecular flexibility index (Phi) is 6.18. The van der Waals surface area contributed by atoms with E-state index in [1.165, 1.54) is 75.9 Å². The van der Waals surface area contributed by atoms with E-state index in [0.29, 0.717) is 0 Å². The Bertz CT molecular complexity index is 936. The van der Waals surface area contributed by atoms with Gasteiger partial charge in [-0.05, 0) is 25.3 Å². The molecule has 0 nitrogen and oxygen atoms in total. The molecule has 0 spiro atoms. The third kappa shape index (κ3) is 4.04. The van der Waals surface area contributed by atoms with Crippen LogP contribution in [0.2, 0.25) is 0 Å². The largest absolute Gasteiger partial charge is 0.145 e. The van der Waals surface area contributed by atoms with Crippen molar-refractivity contribution in [2.45, 2.75) is 52.9 Å². The molecule has 0 amide bonds. The average molecular weight is 419 g/mol. The fourth-order valence-corrected chi connectivity index (χ4v) is 4.41. The first-order valence-electron chi connectivity index (χ1n) is 9.66. The van der Waals surface area contributed by atoms with E-state index in [4.69, 9.17) is 0 Å². The molecule has 0 bridgehead atoms. The topological polar surface area (TPSA) is 0 Å². The van der Waals surface area contributed by atoms with Gasteiger partial charge in [0.2, 0.25) is 0 Å². The van der Waals surface area contributed by atoms with Gasteiger partial charge in [0, 0.05) is 26.2 Å². The molecule has 2 aliphatic carbocycles. The zero-order valence-electron chi connectivity index (χ0n) is 16.2. The van der Waals surface area contributed by atoms with Crippen LogP contribution in [-0.2, 0) is 26.2 Å². The summed E-state index contributed by atoms with van der Waals surface area (Å²) < 4.78 is 0. The molecule has 0 N–H and O–H groups in total. The molecule has 1 heteroatoms. The summed E-state index contributed by atoms with van der Waals surface area (Å²) in [7, 11) is 0. The molecule has 2 aromatic rings. The number of fused-ring (bicyclic) bond motifs is 1. The summed E-state index contributed by atoms with van der Waals surface area (Å²) in [4.78, 5) is 0. The summed E-state index contributed by atoms with van der Waals surface area (Å²) >= 11 is 0. The molecule has 4 rings (SSSR count). The Labute approximate surface area is 176 Å². The van der Waals surface area contributed by atoms with E-state index < -0.39 is 0 Å². The molecule has 0 saturated heterocycles. The third-order valence-corrected chi connectivity index (χ3v) is 5.62. The SMILES string of the molecule is Cc1cc(C)cc(-c2ccc(C)c3c2=CC(=CC2CCCCC2)[C-]=3)c1.[Zr]. The molecule has 1 fully saturated rings. The standard InChI is InChI=1S/C25H27.Zr/c1-17-11-18(2)13-22(12-17)23-10-9-19(3)24-15-21(16-25(23)24)14-20-7-5-4-6-8-20;/h9-14,16,20H,4-8H2,1-3H3;/q-1;. The molecule has 2 aromatic carbocycles. The van der Waals surface area contributed by atoms with Gasteiger partial charge in [0.15, 0.2) is 0 Å². The number of aryl methyl sites for hydroxylation is 3. The van der Waals surface area contributed by atoms with Crippen LogP contribution < -0.4 is 10.4 Å². The van der Waals surface area contributed by atoms with Crippen molar-refractivity contribution < 1.29 is 26.2 Å². The zero-order valence-corrected chi connectivity index (χ0v) is 18.6. The van der Waals surface area contributed by atoms with Crippen molar-refractivity contribution in [1.82, 2.24) is 0 Å². The Morgan fingerprint density at radius 3 is 2.31 bits per heavy atom.